The van der Waals surface area contributed by atoms with E-state index in [4.69, 9.17) is 0 Å². The van der Waals surface area contributed by atoms with Crippen LogP contribution in [0.15, 0.2) is 55.0 Å². The number of carbonyl (C=O) groups excluding carboxylic acids is 2. The smallest absolute Gasteiger partial charge is 0.416 e. The number of carbonyl (C=O) groups is 2. The molecule has 0 radical (unpaired) electrons. The van der Waals surface area contributed by atoms with Crippen molar-refractivity contribution in [3.05, 3.63) is 83.2 Å². The number of unbranched alkanes of at least 4 members (excludes halogenated alkanes) is 1. The minimum Gasteiger partial charge on any atom is -0.433 e. The number of nitrogens with zero attached hydrogens (tertiary/aromatic N) is 7. The molecule has 0 saturated carbocycles. The minimum absolute atomic E-state index is 0.000638. The first-order valence-electron chi connectivity index (χ1n) is 13.3. The Morgan fingerprint density at radius 2 is 1.57 bits per heavy atom. The Hall–Kier alpha value is -4.96. The van der Waals surface area contributed by atoms with Gasteiger partial charge in [-0.05, 0) is 49.6 Å². The van der Waals surface area contributed by atoms with E-state index in [1.165, 1.54) is 33.9 Å². The summed E-state index contributed by atoms with van der Waals surface area (Å²) in [5, 5.41) is 20.8. The number of hydrogen-bond acceptors (Lipinski definition) is 8. The number of amides is 2. The van der Waals surface area contributed by atoms with E-state index in [0.29, 0.717) is 38.4 Å². The maximum atomic E-state index is 13.2. The largest absolute Gasteiger partial charge is 0.433 e. The van der Waals surface area contributed by atoms with Gasteiger partial charge in [0.15, 0.2) is 11.4 Å². The lowest BCUT2D eigenvalue weighted by atomic mass is 10.1. The predicted octanol–water partition coefficient (Wildman–Crippen LogP) is 4.18. The lowest BCUT2D eigenvalue weighted by Crippen LogP contribution is -2.27. The molecule has 1 atom stereocenters. The summed E-state index contributed by atoms with van der Waals surface area (Å²) in [5.74, 6) is -1.13. The second-order valence-corrected chi connectivity index (χ2v) is 9.83. The number of pyridine rings is 1. The molecular weight excluding hydrogens is 593 g/mol. The molecule has 12 nitrogen and oxygen atoms in total. The van der Waals surface area contributed by atoms with Gasteiger partial charge in [-0.1, -0.05) is 22.6 Å². The molecular formula is C27H28F5N9O3. The molecule has 0 aliphatic carbocycles. The van der Waals surface area contributed by atoms with Crippen molar-refractivity contribution in [2.75, 3.05) is 0 Å². The van der Waals surface area contributed by atoms with E-state index in [-0.39, 0.29) is 29.4 Å². The molecule has 2 amide bonds. The zero-order valence-corrected chi connectivity index (χ0v) is 23.6. The molecule has 44 heavy (non-hydrogen) atoms. The molecule has 0 aliphatic rings. The highest BCUT2D eigenvalue weighted by atomic mass is 19.4. The summed E-state index contributed by atoms with van der Waals surface area (Å²) < 4.78 is 72.4. The quantitative estimate of drug-likeness (QED) is 0.167. The fourth-order valence-electron chi connectivity index (χ4n) is 3.99. The molecule has 17 heteroatoms. The van der Waals surface area contributed by atoms with Gasteiger partial charge in [0.25, 0.3) is 11.8 Å². The van der Waals surface area contributed by atoms with Crippen molar-refractivity contribution in [1.82, 2.24) is 45.6 Å². The van der Waals surface area contributed by atoms with Crippen molar-refractivity contribution in [3.63, 3.8) is 0 Å². The maximum Gasteiger partial charge on any atom is 0.416 e. The highest BCUT2D eigenvalue weighted by Crippen LogP contribution is 2.29. The first kappa shape index (κ1) is 32.0. The van der Waals surface area contributed by atoms with Crippen molar-refractivity contribution in [2.45, 2.75) is 64.7 Å². The predicted molar refractivity (Wildman–Crippen MR) is 143 cm³/mol. The minimum atomic E-state index is -4.51. The fourth-order valence-corrected chi connectivity index (χ4v) is 3.99. The first-order chi connectivity index (χ1) is 20.8. The van der Waals surface area contributed by atoms with Crippen LogP contribution in [-0.4, -0.2) is 52.9 Å². The summed E-state index contributed by atoms with van der Waals surface area (Å²) >= 11 is 0. The highest BCUT2D eigenvalue weighted by Gasteiger charge is 2.30. The summed E-state index contributed by atoms with van der Waals surface area (Å²) in [6.45, 7) is 2.97. The number of alkyl halides is 5. The number of hydrogen-bond donors (Lipinski definition) is 2. The van der Waals surface area contributed by atoms with Gasteiger partial charge in [0.05, 0.1) is 36.2 Å². The zero-order valence-electron chi connectivity index (χ0n) is 23.6. The van der Waals surface area contributed by atoms with Gasteiger partial charge in [-0.3, -0.25) is 23.9 Å². The second kappa shape index (κ2) is 13.6. The van der Waals surface area contributed by atoms with Gasteiger partial charge < -0.3 is 15.4 Å². The first-order valence-corrected chi connectivity index (χ1v) is 13.3. The summed E-state index contributed by atoms with van der Waals surface area (Å²) in [7, 11) is 0. The van der Waals surface area contributed by atoms with Crippen LogP contribution in [0.5, 0.6) is 5.75 Å². The Morgan fingerprint density at radius 1 is 0.932 bits per heavy atom. The normalized spacial score (nSPS) is 12.5. The van der Waals surface area contributed by atoms with E-state index in [2.05, 4.69) is 41.0 Å². The molecule has 4 aromatic rings. The lowest BCUT2D eigenvalue weighted by molar-refractivity contribution is -0.159. The van der Waals surface area contributed by atoms with E-state index in [9.17, 15) is 31.5 Å². The third-order valence-electron chi connectivity index (χ3n) is 6.14. The van der Waals surface area contributed by atoms with E-state index in [1.54, 1.807) is 19.1 Å². The monoisotopic (exact) mass is 621 g/mol. The molecule has 1 unspecified atom stereocenters. The highest BCUT2D eigenvalue weighted by molar-refractivity contribution is 5.92. The van der Waals surface area contributed by atoms with Gasteiger partial charge in [-0.2, -0.15) is 22.0 Å². The average molecular weight is 622 g/mol. The van der Waals surface area contributed by atoms with Crippen LogP contribution in [0.1, 0.15) is 70.5 Å². The molecule has 3 aromatic heterocycles. The van der Waals surface area contributed by atoms with Crippen LogP contribution in [-0.2, 0) is 25.8 Å². The molecule has 0 aliphatic heterocycles. The summed E-state index contributed by atoms with van der Waals surface area (Å²) in [6, 6.07) is 7.22. The van der Waals surface area contributed by atoms with Crippen molar-refractivity contribution in [2.24, 2.45) is 0 Å². The van der Waals surface area contributed by atoms with Crippen LogP contribution in [0.2, 0.25) is 0 Å². The molecule has 1 aromatic carbocycles. The van der Waals surface area contributed by atoms with Gasteiger partial charge in [0, 0.05) is 26.2 Å². The number of benzene rings is 1. The molecule has 0 spiro atoms. The Kier molecular flexibility index (Phi) is 9.85. The van der Waals surface area contributed by atoms with Crippen LogP contribution in [0.25, 0.3) is 0 Å². The number of halogens is 5. The molecule has 0 saturated heterocycles. The fraction of sp³-hybridized carbons (Fsp3) is 0.370. The molecule has 0 bridgehead atoms. The van der Waals surface area contributed by atoms with E-state index in [0.717, 1.165) is 18.3 Å². The number of nitrogens with one attached hydrogen (secondary N) is 2. The molecule has 2 N–H and O–H groups in total. The summed E-state index contributed by atoms with van der Waals surface area (Å²) in [4.78, 5) is 28.8. The Labute approximate surface area is 247 Å². The van der Waals surface area contributed by atoms with Crippen molar-refractivity contribution < 1.29 is 36.3 Å². The number of ether oxygens (including phenoxy) is 1. The van der Waals surface area contributed by atoms with Crippen molar-refractivity contribution in [3.8, 4) is 5.75 Å². The van der Waals surface area contributed by atoms with E-state index < -0.39 is 35.7 Å². The molecule has 3 heterocycles. The molecule has 234 valence electrons. The van der Waals surface area contributed by atoms with Crippen LogP contribution in [0.4, 0.5) is 22.0 Å². The van der Waals surface area contributed by atoms with Crippen LogP contribution >= 0.6 is 0 Å². The lowest BCUT2D eigenvalue weighted by Gasteiger charge is -2.17. The average Bonchev–Trinajstić information content (AvgIpc) is 3.63. The van der Waals surface area contributed by atoms with Gasteiger partial charge in [-0.15, -0.1) is 10.2 Å². The zero-order chi connectivity index (χ0) is 31.9. The standard InChI is InChI=1S/C27H28F5N9O3/c1-17(18-6-5-7-21(12-18)44-26(2,28)29)35-25(43)23-16-41(39-37-23)11-4-3-10-40-15-22(36-38-40)24(42)34-14-20-13-19(8-9-33-20)27(30,31)32/h5-9,12-13,15-17H,3-4,10-11,14H2,1-2H3,(H,34,42)(H,35,43). The van der Waals surface area contributed by atoms with Gasteiger partial charge >= 0.3 is 12.3 Å². The Morgan fingerprint density at radius 3 is 2.18 bits per heavy atom. The SMILES string of the molecule is CC(NC(=O)c1cn(CCCCn2cc(C(=O)NCc3cc(C(F)(F)F)ccn3)nn2)nn1)c1cccc(OC(C)(F)F)c1. The molecule has 0 fully saturated rings. The summed E-state index contributed by atoms with van der Waals surface area (Å²) in [6.07, 6.45) is -2.68. The Bertz CT molecular complexity index is 1580. The van der Waals surface area contributed by atoms with Gasteiger partial charge in [0.1, 0.15) is 5.75 Å². The van der Waals surface area contributed by atoms with Crippen LogP contribution in [0.3, 0.4) is 0 Å². The number of aryl methyl sites for hydroxylation is 2. The Balaban J connectivity index is 1.19. The summed E-state index contributed by atoms with van der Waals surface area (Å²) in [5.41, 5.74) is -0.168. The van der Waals surface area contributed by atoms with Crippen LogP contribution < -0.4 is 15.4 Å². The van der Waals surface area contributed by atoms with Crippen molar-refractivity contribution >= 4 is 11.8 Å². The topological polar surface area (TPSA) is 142 Å². The van der Waals surface area contributed by atoms with Gasteiger partial charge in [-0.25, -0.2) is 0 Å². The number of aromatic nitrogens is 7. The van der Waals surface area contributed by atoms with E-state index >= 15 is 0 Å². The van der Waals surface area contributed by atoms with Crippen molar-refractivity contribution in [1.29, 1.82) is 0 Å². The third kappa shape index (κ3) is 9.27. The second-order valence-electron chi connectivity index (χ2n) is 9.83. The van der Waals surface area contributed by atoms with Gasteiger partial charge in [0.2, 0.25) is 0 Å². The van der Waals surface area contributed by atoms with Crippen LogP contribution in [0, 0.1) is 0 Å². The van der Waals surface area contributed by atoms with E-state index in [1.807, 2.05) is 0 Å². The molecule has 4 rings (SSSR count). The third-order valence-corrected chi connectivity index (χ3v) is 6.14. The number of rotatable bonds is 13. The maximum absolute atomic E-state index is 13.2.